The molecule has 0 radical (unpaired) electrons. The molecule has 0 atom stereocenters. The van der Waals surface area contributed by atoms with Gasteiger partial charge in [0.15, 0.2) is 0 Å². The molecule has 2 rings (SSSR count). The Morgan fingerprint density at radius 2 is 1.90 bits per heavy atom. The Labute approximate surface area is 130 Å². The highest BCUT2D eigenvalue weighted by Crippen LogP contribution is 2.15. The summed E-state index contributed by atoms with van der Waals surface area (Å²) in [5.74, 6) is 0.250. The van der Waals surface area contributed by atoms with Crippen LogP contribution in [0.25, 0.3) is 6.08 Å². The van der Waals surface area contributed by atoms with Crippen molar-refractivity contribution in [2.45, 2.75) is 0 Å². The summed E-state index contributed by atoms with van der Waals surface area (Å²) in [4.78, 5) is 3.92. The Balaban J connectivity index is 2.13. The van der Waals surface area contributed by atoms with E-state index in [9.17, 15) is 8.42 Å². The Hall–Kier alpha value is -1.37. The second kappa shape index (κ2) is 6.39. The number of benzene rings is 1. The number of nitrogens with zero attached hydrogens (tertiary/aromatic N) is 1. The minimum atomic E-state index is -3.61. The van der Waals surface area contributed by atoms with Crippen LogP contribution < -0.4 is 4.72 Å². The SMILES string of the molecule is O=S(=O)(/C=C/c1ccc(Cl)cc1)Nc1cc(Br)ccn1. The van der Waals surface area contributed by atoms with Crippen LogP contribution in [-0.2, 0) is 10.0 Å². The lowest BCUT2D eigenvalue weighted by Gasteiger charge is -2.03. The number of aromatic nitrogens is 1. The van der Waals surface area contributed by atoms with Gasteiger partial charge in [0, 0.05) is 15.7 Å². The molecule has 2 aromatic rings. The third-order valence-electron chi connectivity index (χ3n) is 2.28. The molecular formula is C13H10BrClN2O2S. The van der Waals surface area contributed by atoms with E-state index in [1.807, 2.05) is 0 Å². The maximum atomic E-state index is 11.9. The second-order valence-electron chi connectivity index (χ2n) is 3.86. The van der Waals surface area contributed by atoms with E-state index in [-0.39, 0.29) is 5.82 Å². The average Bonchev–Trinajstić information content (AvgIpc) is 2.37. The monoisotopic (exact) mass is 372 g/mol. The number of pyridine rings is 1. The Bertz CT molecular complexity index is 730. The quantitative estimate of drug-likeness (QED) is 0.884. The van der Waals surface area contributed by atoms with Gasteiger partial charge < -0.3 is 0 Å². The molecule has 1 aromatic carbocycles. The lowest BCUT2D eigenvalue weighted by Crippen LogP contribution is -2.09. The van der Waals surface area contributed by atoms with E-state index in [2.05, 4.69) is 25.6 Å². The summed E-state index contributed by atoms with van der Waals surface area (Å²) < 4.78 is 26.8. The van der Waals surface area contributed by atoms with Gasteiger partial charge in [-0.15, -0.1) is 0 Å². The molecule has 1 aromatic heterocycles. The molecule has 0 aliphatic rings. The number of nitrogens with one attached hydrogen (secondary N) is 1. The molecule has 0 amide bonds. The first-order valence-corrected chi connectivity index (χ1v) is 8.24. The Morgan fingerprint density at radius 1 is 1.20 bits per heavy atom. The van der Waals surface area contributed by atoms with Gasteiger partial charge in [0.2, 0.25) is 0 Å². The molecule has 0 spiro atoms. The largest absolute Gasteiger partial charge is 0.264 e. The van der Waals surface area contributed by atoms with Crippen LogP contribution in [0, 0.1) is 0 Å². The van der Waals surface area contributed by atoms with Gasteiger partial charge >= 0.3 is 0 Å². The molecule has 20 heavy (non-hydrogen) atoms. The Kier molecular flexibility index (Phi) is 4.80. The van der Waals surface area contributed by atoms with Crippen LogP contribution in [0.2, 0.25) is 5.02 Å². The molecule has 0 saturated heterocycles. The van der Waals surface area contributed by atoms with Crippen LogP contribution in [0.15, 0.2) is 52.5 Å². The van der Waals surface area contributed by atoms with Crippen molar-refractivity contribution >= 4 is 49.4 Å². The summed E-state index contributed by atoms with van der Waals surface area (Å²) in [5, 5.41) is 1.68. The zero-order valence-corrected chi connectivity index (χ0v) is 13.3. The van der Waals surface area contributed by atoms with Crippen molar-refractivity contribution in [3.63, 3.8) is 0 Å². The van der Waals surface area contributed by atoms with Crippen molar-refractivity contribution in [1.29, 1.82) is 0 Å². The third-order valence-corrected chi connectivity index (χ3v) is 4.01. The van der Waals surface area contributed by atoms with Gasteiger partial charge in [0.1, 0.15) is 5.82 Å². The lowest BCUT2D eigenvalue weighted by atomic mass is 10.2. The molecule has 0 aliphatic carbocycles. The van der Waals surface area contributed by atoms with Crippen molar-refractivity contribution in [2.24, 2.45) is 0 Å². The Morgan fingerprint density at radius 3 is 2.55 bits per heavy atom. The van der Waals surface area contributed by atoms with Crippen molar-refractivity contribution in [2.75, 3.05) is 4.72 Å². The van der Waals surface area contributed by atoms with Gasteiger partial charge in [-0.25, -0.2) is 13.4 Å². The van der Waals surface area contributed by atoms with Crippen LogP contribution in [-0.4, -0.2) is 13.4 Å². The van der Waals surface area contributed by atoms with Crippen LogP contribution in [0.1, 0.15) is 5.56 Å². The second-order valence-corrected chi connectivity index (χ2v) is 6.78. The van der Waals surface area contributed by atoms with Gasteiger partial charge in [0.25, 0.3) is 10.0 Å². The summed E-state index contributed by atoms with van der Waals surface area (Å²) in [6.07, 6.45) is 2.99. The summed E-state index contributed by atoms with van der Waals surface area (Å²) in [6, 6.07) is 10.1. The molecule has 0 saturated carbocycles. The maximum Gasteiger partial charge on any atom is 0.256 e. The highest BCUT2D eigenvalue weighted by atomic mass is 79.9. The minimum absolute atomic E-state index is 0.250. The highest BCUT2D eigenvalue weighted by Gasteiger charge is 2.06. The molecule has 1 N–H and O–H groups in total. The number of rotatable bonds is 4. The first-order chi connectivity index (χ1) is 9.44. The average molecular weight is 374 g/mol. The topological polar surface area (TPSA) is 59.1 Å². The maximum absolute atomic E-state index is 11.9. The smallest absolute Gasteiger partial charge is 0.256 e. The zero-order valence-electron chi connectivity index (χ0n) is 10.1. The fraction of sp³-hybridized carbons (Fsp3) is 0. The first kappa shape index (κ1) is 15.0. The number of hydrogen-bond donors (Lipinski definition) is 1. The van der Waals surface area contributed by atoms with Gasteiger partial charge in [-0.3, -0.25) is 4.72 Å². The fourth-order valence-corrected chi connectivity index (χ4v) is 2.65. The van der Waals surface area contributed by atoms with E-state index in [1.54, 1.807) is 36.4 Å². The highest BCUT2D eigenvalue weighted by molar-refractivity contribution is 9.10. The van der Waals surface area contributed by atoms with E-state index in [0.717, 1.165) is 15.4 Å². The van der Waals surface area contributed by atoms with Gasteiger partial charge in [-0.1, -0.05) is 39.7 Å². The summed E-state index contributed by atoms with van der Waals surface area (Å²) in [6.45, 7) is 0. The van der Waals surface area contributed by atoms with Crippen molar-refractivity contribution in [1.82, 2.24) is 4.98 Å². The summed E-state index contributed by atoms with van der Waals surface area (Å²) in [7, 11) is -3.61. The van der Waals surface area contributed by atoms with E-state index < -0.39 is 10.0 Å². The van der Waals surface area contributed by atoms with E-state index in [4.69, 9.17) is 11.6 Å². The van der Waals surface area contributed by atoms with E-state index in [0.29, 0.717) is 5.02 Å². The zero-order chi connectivity index (χ0) is 14.6. The lowest BCUT2D eigenvalue weighted by molar-refractivity contribution is 0.609. The van der Waals surface area contributed by atoms with Gasteiger partial charge in [-0.05, 0) is 35.9 Å². The van der Waals surface area contributed by atoms with E-state index >= 15 is 0 Å². The molecule has 0 bridgehead atoms. The normalized spacial score (nSPS) is 11.7. The molecule has 0 unspecified atom stereocenters. The number of halogens is 2. The molecule has 4 nitrogen and oxygen atoms in total. The van der Waals surface area contributed by atoms with Crippen LogP contribution in [0.5, 0.6) is 0 Å². The van der Waals surface area contributed by atoms with E-state index in [1.165, 1.54) is 12.3 Å². The predicted octanol–water partition coefficient (Wildman–Crippen LogP) is 3.91. The van der Waals surface area contributed by atoms with Crippen molar-refractivity contribution in [3.8, 4) is 0 Å². The fourth-order valence-electron chi connectivity index (χ4n) is 1.38. The molecular weight excluding hydrogens is 364 g/mol. The first-order valence-electron chi connectivity index (χ1n) is 5.53. The van der Waals surface area contributed by atoms with Gasteiger partial charge in [-0.2, -0.15) is 0 Å². The number of hydrogen-bond acceptors (Lipinski definition) is 3. The van der Waals surface area contributed by atoms with Crippen molar-refractivity contribution < 1.29 is 8.42 Å². The predicted molar refractivity (Wildman–Crippen MR) is 85.0 cm³/mol. The molecule has 0 fully saturated rings. The minimum Gasteiger partial charge on any atom is -0.264 e. The summed E-state index contributed by atoms with van der Waals surface area (Å²) in [5.41, 5.74) is 0.738. The molecule has 1 heterocycles. The third kappa shape index (κ3) is 4.63. The standard InChI is InChI=1S/C13H10BrClN2O2S/c14-11-5-7-16-13(9-11)17-20(18,19)8-6-10-1-3-12(15)4-2-10/h1-9H,(H,16,17)/b8-6+. The summed E-state index contributed by atoms with van der Waals surface area (Å²) >= 11 is 9.00. The van der Waals surface area contributed by atoms with Crippen LogP contribution >= 0.6 is 27.5 Å². The van der Waals surface area contributed by atoms with Crippen LogP contribution in [0.3, 0.4) is 0 Å². The number of anilines is 1. The molecule has 104 valence electrons. The van der Waals surface area contributed by atoms with Crippen molar-refractivity contribution in [3.05, 3.63) is 63.1 Å². The number of sulfonamides is 1. The molecule has 7 heteroatoms. The van der Waals surface area contributed by atoms with Gasteiger partial charge in [0.05, 0.1) is 5.41 Å². The van der Waals surface area contributed by atoms with Crippen LogP contribution in [0.4, 0.5) is 5.82 Å². The molecule has 0 aliphatic heterocycles.